The Kier molecular flexibility index (Phi) is 6.01. The highest BCUT2D eigenvalue weighted by Crippen LogP contribution is 2.36. The van der Waals surface area contributed by atoms with E-state index in [2.05, 4.69) is 6.92 Å². The van der Waals surface area contributed by atoms with Crippen molar-refractivity contribution < 1.29 is 0 Å². The Morgan fingerprint density at radius 2 is 1.00 bits per heavy atom. The van der Waals surface area contributed by atoms with Crippen molar-refractivity contribution in [1.29, 1.82) is 0 Å². The first-order chi connectivity index (χ1) is 8.75. The maximum absolute atomic E-state index is 6.09. The Balaban J connectivity index is 1.81. The molecular formula is C17H33N. The van der Waals surface area contributed by atoms with Crippen LogP contribution >= 0.6 is 0 Å². The predicted molar refractivity (Wildman–Crippen MR) is 79.5 cm³/mol. The summed E-state index contributed by atoms with van der Waals surface area (Å²) < 4.78 is 0. The third-order valence-electron chi connectivity index (χ3n) is 5.51. The molecule has 0 heterocycles. The molecule has 0 aromatic rings. The third kappa shape index (κ3) is 4.57. The van der Waals surface area contributed by atoms with Crippen molar-refractivity contribution in [3.8, 4) is 0 Å². The number of hydrogen-bond acceptors (Lipinski definition) is 1. The van der Waals surface area contributed by atoms with Crippen LogP contribution in [0.3, 0.4) is 0 Å². The molecule has 0 aromatic carbocycles. The van der Waals surface area contributed by atoms with Crippen LogP contribution in [0.4, 0.5) is 0 Å². The van der Waals surface area contributed by atoms with E-state index in [1.54, 1.807) is 0 Å². The average molecular weight is 251 g/mol. The van der Waals surface area contributed by atoms with Crippen LogP contribution in [0, 0.1) is 17.8 Å². The summed E-state index contributed by atoms with van der Waals surface area (Å²) in [5, 5.41) is 0. The molecule has 2 N–H and O–H groups in total. The van der Waals surface area contributed by atoms with E-state index in [0.717, 1.165) is 17.8 Å². The van der Waals surface area contributed by atoms with E-state index in [1.165, 1.54) is 77.0 Å². The maximum atomic E-state index is 6.09. The van der Waals surface area contributed by atoms with Crippen molar-refractivity contribution in [2.45, 2.75) is 90.0 Å². The molecule has 0 saturated heterocycles. The van der Waals surface area contributed by atoms with Gasteiger partial charge < -0.3 is 5.73 Å². The van der Waals surface area contributed by atoms with Crippen molar-refractivity contribution in [1.82, 2.24) is 0 Å². The van der Waals surface area contributed by atoms with Gasteiger partial charge in [0.1, 0.15) is 0 Å². The second-order valence-corrected chi connectivity index (χ2v) is 7.11. The fourth-order valence-corrected chi connectivity index (χ4v) is 4.26. The summed E-state index contributed by atoms with van der Waals surface area (Å²) in [5.41, 5.74) is 6.09. The maximum Gasteiger partial charge on any atom is 0.00388 e. The van der Waals surface area contributed by atoms with E-state index >= 15 is 0 Å². The molecule has 18 heavy (non-hydrogen) atoms. The van der Waals surface area contributed by atoms with Crippen LogP contribution in [0.5, 0.6) is 0 Å². The van der Waals surface area contributed by atoms with Gasteiger partial charge >= 0.3 is 0 Å². The Labute approximate surface area is 114 Å². The van der Waals surface area contributed by atoms with Crippen LogP contribution < -0.4 is 5.73 Å². The van der Waals surface area contributed by atoms with Gasteiger partial charge in [-0.3, -0.25) is 0 Å². The van der Waals surface area contributed by atoms with Gasteiger partial charge in [-0.25, -0.2) is 0 Å². The molecule has 2 fully saturated rings. The summed E-state index contributed by atoms with van der Waals surface area (Å²) in [6.07, 6.45) is 17.2. The third-order valence-corrected chi connectivity index (χ3v) is 5.51. The fraction of sp³-hybridized carbons (Fsp3) is 1.00. The molecule has 0 atom stereocenters. The first-order valence-electron chi connectivity index (χ1n) is 8.51. The summed E-state index contributed by atoms with van der Waals surface area (Å²) in [6.45, 7) is 2.44. The van der Waals surface area contributed by atoms with Gasteiger partial charge in [0.15, 0.2) is 0 Å². The Hall–Kier alpha value is -0.0400. The van der Waals surface area contributed by atoms with Gasteiger partial charge in [0.25, 0.3) is 0 Å². The lowest BCUT2D eigenvalue weighted by atomic mass is 9.74. The largest absolute Gasteiger partial charge is 0.328 e. The lowest BCUT2D eigenvalue weighted by molar-refractivity contribution is 0.206. The summed E-state index contributed by atoms with van der Waals surface area (Å²) in [5.74, 6) is 3.07. The van der Waals surface area contributed by atoms with Gasteiger partial charge in [0, 0.05) is 6.04 Å². The van der Waals surface area contributed by atoms with Crippen LogP contribution in [-0.2, 0) is 0 Å². The molecule has 2 aliphatic carbocycles. The molecule has 1 heteroatoms. The Morgan fingerprint density at radius 3 is 1.44 bits per heavy atom. The Morgan fingerprint density at radius 1 is 0.611 bits per heavy atom. The smallest absolute Gasteiger partial charge is 0.00388 e. The molecule has 0 radical (unpaired) electrons. The molecule has 106 valence electrons. The van der Waals surface area contributed by atoms with E-state index in [9.17, 15) is 0 Å². The normalized spacial score (nSPS) is 40.3. The van der Waals surface area contributed by atoms with Crippen LogP contribution in [0.1, 0.15) is 84.0 Å². The van der Waals surface area contributed by atoms with Gasteiger partial charge in [-0.15, -0.1) is 0 Å². The number of hydrogen-bond donors (Lipinski definition) is 1. The van der Waals surface area contributed by atoms with Gasteiger partial charge in [-0.05, 0) is 30.6 Å². The van der Waals surface area contributed by atoms with Gasteiger partial charge in [-0.2, -0.15) is 0 Å². The monoisotopic (exact) mass is 251 g/mol. The topological polar surface area (TPSA) is 26.0 Å². The van der Waals surface area contributed by atoms with Crippen molar-refractivity contribution >= 4 is 0 Å². The SMILES string of the molecule is CC1CCCC(C2CCCC(N)CCC2)CCC1. The van der Waals surface area contributed by atoms with E-state index in [0.29, 0.717) is 6.04 Å². The summed E-state index contributed by atoms with van der Waals surface area (Å²) >= 11 is 0. The van der Waals surface area contributed by atoms with E-state index in [4.69, 9.17) is 5.73 Å². The predicted octanol–water partition coefficient (Wildman–Crippen LogP) is 4.89. The molecule has 1 nitrogen and oxygen atoms in total. The standard InChI is InChI=1S/C17H33N/c1-14-6-2-8-15(9-3-7-14)16-10-4-12-17(18)13-5-11-16/h14-17H,2-13,18H2,1H3. The molecule has 2 aliphatic rings. The molecule has 2 rings (SSSR count). The minimum atomic E-state index is 0.504. The van der Waals surface area contributed by atoms with Crippen molar-refractivity contribution in [2.24, 2.45) is 23.5 Å². The summed E-state index contributed by atoms with van der Waals surface area (Å²) in [7, 11) is 0. The zero-order valence-electron chi connectivity index (χ0n) is 12.4. The number of rotatable bonds is 1. The minimum Gasteiger partial charge on any atom is -0.328 e. The molecule has 0 bridgehead atoms. The minimum absolute atomic E-state index is 0.504. The highest BCUT2D eigenvalue weighted by molar-refractivity contribution is 4.77. The number of nitrogens with two attached hydrogens (primary N) is 1. The van der Waals surface area contributed by atoms with E-state index in [-0.39, 0.29) is 0 Å². The quantitative estimate of drug-likeness (QED) is 0.705. The van der Waals surface area contributed by atoms with E-state index in [1.807, 2.05) is 0 Å². The highest BCUT2D eigenvalue weighted by Gasteiger charge is 2.24. The first-order valence-corrected chi connectivity index (χ1v) is 8.51. The lowest BCUT2D eigenvalue weighted by Crippen LogP contribution is -2.25. The fourth-order valence-electron chi connectivity index (χ4n) is 4.26. The lowest BCUT2D eigenvalue weighted by Gasteiger charge is -2.32. The van der Waals surface area contributed by atoms with Crippen molar-refractivity contribution in [2.75, 3.05) is 0 Å². The van der Waals surface area contributed by atoms with E-state index < -0.39 is 0 Å². The average Bonchev–Trinajstić information content (AvgIpc) is 2.29. The Bertz CT molecular complexity index is 182. The zero-order valence-corrected chi connectivity index (χ0v) is 12.4. The summed E-state index contributed by atoms with van der Waals surface area (Å²) in [4.78, 5) is 0. The van der Waals surface area contributed by atoms with Crippen LogP contribution in [0.2, 0.25) is 0 Å². The van der Waals surface area contributed by atoms with Gasteiger partial charge in [0.2, 0.25) is 0 Å². The van der Waals surface area contributed by atoms with Crippen LogP contribution in [0.15, 0.2) is 0 Å². The zero-order chi connectivity index (χ0) is 12.8. The molecule has 0 unspecified atom stereocenters. The molecular weight excluding hydrogens is 218 g/mol. The molecule has 0 aliphatic heterocycles. The molecule has 2 saturated carbocycles. The van der Waals surface area contributed by atoms with Crippen LogP contribution in [-0.4, -0.2) is 6.04 Å². The molecule has 0 spiro atoms. The first kappa shape index (κ1) is 14.4. The second kappa shape index (κ2) is 7.53. The van der Waals surface area contributed by atoms with Crippen LogP contribution in [0.25, 0.3) is 0 Å². The summed E-state index contributed by atoms with van der Waals surface area (Å²) in [6, 6.07) is 0.504. The molecule has 0 amide bonds. The second-order valence-electron chi connectivity index (χ2n) is 7.11. The van der Waals surface area contributed by atoms with Crippen molar-refractivity contribution in [3.05, 3.63) is 0 Å². The van der Waals surface area contributed by atoms with Gasteiger partial charge in [-0.1, -0.05) is 71.1 Å². The highest BCUT2D eigenvalue weighted by atomic mass is 14.6. The van der Waals surface area contributed by atoms with Gasteiger partial charge in [0.05, 0.1) is 0 Å². The van der Waals surface area contributed by atoms with Crippen molar-refractivity contribution in [3.63, 3.8) is 0 Å². The molecule has 0 aromatic heterocycles.